The predicted molar refractivity (Wildman–Crippen MR) is 64.2 cm³/mol. The van der Waals surface area contributed by atoms with E-state index in [0.29, 0.717) is 25.9 Å². The van der Waals surface area contributed by atoms with E-state index in [2.05, 4.69) is 0 Å². The fraction of sp³-hybridized carbons (Fsp3) is 0.727. The number of likely N-dealkylation sites (tertiary alicyclic amines) is 1. The minimum atomic E-state index is -0.652. The molecule has 2 atom stereocenters. The molecule has 0 bridgehead atoms. The molecule has 0 aromatic carbocycles. The van der Waals surface area contributed by atoms with Gasteiger partial charge in [-0.05, 0) is 19.3 Å². The number of nitrogens with zero attached hydrogens (tertiary/aromatic N) is 2. The van der Waals surface area contributed by atoms with Gasteiger partial charge < -0.3 is 21.2 Å². The topological polar surface area (TPSA) is 119 Å². The summed E-state index contributed by atoms with van der Waals surface area (Å²) in [5.41, 5.74) is 10.8. The van der Waals surface area contributed by atoms with E-state index in [0.717, 1.165) is 11.5 Å². The molecule has 8 nitrogen and oxygen atoms in total. The van der Waals surface area contributed by atoms with Crippen LogP contribution in [0.3, 0.4) is 0 Å². The highest BCUT2D eigenvalue weighted by Crippen LogP contribution is 2.20. The van der Waals surface area contributed by atoms with E-state index in [4.69, 9.17) is 16.3 Å². The zero-order valence-electron chi connectivity index (χ0n) is 10.6. The molecule has 8 heteroatoms. The second-order valence-corrected chi connectivity index (χ2v) is 4.70. The maximum Gasteiger partial charge on any atom is 0.354 e. The second-order valence-electron chi connectivity index (χ2n) is 4.70. The third kappa shape index (κ3) is 2.69. The maximum atomic E-state index is 12.0. The first-order valence-corrected chi connectivity index (χ1v) is 6.33. The molecule has 0 spiro atoms. The van der Waals surface area contributed by atoms with Crippen molar-refractivity contribution in [2.24, 2.45) is 11.5 Å². The van der Waals surface area contributed by atoms with Crippen molar-refractivity contribution in [3.8, 4) is 0 Å². The lowest BCUT2D eigenvalue weighted by molar-refractivity contribution is -0.197. The summed E-state index contributed by atoms with van der Waals surface area (Å²) < 4.78 is 0. The number of carbonyl (C=O) groups is 3. The quantitative estimate of drug-likeness (QED) is 0.609. The lowest BCUT2D eigenvalue weighted by Crippen LogP contribution is -2.46. The SMILES string of the molecule is NCC(=O)N1CCC[C@H]1C(=O)ON1CCC(N)C1=O. The first kappa shape index (κ1) is 13.8. The van der Waals surface area contributed by atoms with Crippen molar-refractivity contribution >= 4 is 17.8 Å². The summed E-state index contributed by atoms with van der Waals surface area (Å²) in [7, 11) is 0. The summed E-state index contributed by atoms with van der Waals surface area (Å²) in [6.07, 6.45) is 1.71. The van der Waals surface area contributed by atoms with E-state index < -0.39 is 24.0 Å². The molecule has 0 aromatic rings. The number of nitrogens with two attached hydrogens (primary N) is 2. The van der Waals surface area contributed by atoms with Crippen LogP contribution in [0, 0.1) is 0 Å². The Morgan fingerprint density at radius 1 is 1.32 bits per heavy atom. The zero-order chi connectivity index (χ0) is 14.0. The van der Waals surface area contributed by atoms with Crippen LogP contribution in [0.1, 0.15) is 19.3 Å². The molecule has 2 rings (SSSR count). The smallest absolute Gasteiger partial charge is 0.336 e. The molecule has 2 aliphatic rings. The van der Waals surface area contributed by atoms with Gasteiger partial charge in [-0.3, -0.25) is 9.59 Å². The van der Waals surface area contributed by atoms with Gasteiger partial charge in [0.2, 0.25) is 5.91 Å². The average Bonchev–Trinajstić information content (AvgIpc) is 3.00. The van der Waals surface area contributed by atoms with Crippen LogP contribution in [0.2, 0.25) is 0 Å². The predicted octanol–water partition coefficient (Wildman–Crippen LogP) is -2.05. The van der Waals surface area contributed by atoms with Crippen LogP contribution < -0.4 is 11.5 Å². The van der Waals surface area contributed by atoms with E-state index in [1.807, 2.05) is 0 Å². The Morgan fingerprint density at radius 2 is 2.05 bits per heavy atom. The van der Waals surface area contributed by atoms with Gasteiger partial charge in [-0.25, -0.2) is 4.79 Å². The Morgan fingerprint density at radius 3 is 2.63 bits per heavy atom. The summed E-state index contributed by atoms with van der Waals surface area (Å²) >= 11 is 0. The van der Waals surface area contributed by atoms with Crippen LogP contribution in [-0.4, -0.2) is 59.5 Å². The third-order valence-electron chi connectivity index (χ3n) is 3.43. The maximum absolute atomic E-state index is 12.0. The number of hydrogen-bond acceptors (Lipinski definition) is 6. The summed E-state index contributed by atoms with van der Waals surface area (Å²) in [5, 5.41) is 0.983. The van der Waals surface area contributed by atoms with E-state index >= 15 is 0 Å². The molecular weight excluding hydrogens is 252 g/mol. The molecule has 0 aromatic heterocycles. The van der Waals surface area contributed by atoms with Gasteiger partial charge in [-0.15, -0.1) is 0 Å². The van der Waals surface area contributed by atoms with Crippen molar-refractivity contribution in [1.29, 1.82) is 0 Å². The normalized spacial score (nSPS) is 26.9. The lowest BCUT2D eigenvalue weighted by Gasteiger charge is -2.24. The molecule has 2 heterocycles. The number of amides is 2. The highest BCUT2D eigenvalue weighted by molar-refractivity contribution is 5.88. The molecule has 2 saturated heterocycles. The van der Waals surface area contributed by atoms with Crippen LogP contribution in [0.25, 0.3) is 0 Å². The molecule has 0 radical (unpaired) electrons. The molecule has 2 amide bonds. The van der Waals surface area contributed by atoms with Gasteiger partial charge in [0.1, 0.15) is 6.04 Å². The van der Waals surface area contributed by atoms with Crippen LogP contribution >= 0.6 is 0 Å². The highest BCUT2D eigenvalue weighted by Gasteiger charge is 2.38. The molecule has 0 aliphatic carbocycles. The van der Waals surface area contributed by atoms with Crippen LogP contribution in [0.4, 0.5) is 0 Å². The minimum absolute atomic E-state index is 0.142. The fourth-order valence-corrected chi connectivity index (χ4v) is 2.36. The fourth-order valence-electron chi connectivity index (χ4n) is 2.36. The van der Waals surface area contributed by atoms with Crippen molar-refractivity contribution in [3.63, 3.8) is 0 Å². The van der Waals surface area contributed by atoms with Crippen molar-refractivity contribution in [2.75, 3.05) is 19.6 Å². The Kier molecular flexibility index (Phi) is 4.01. The van der Waals surface area contributed by atoms with E-state index in [-0.39, 0.29) is 12.5 Å². The number of carbonyl (C=O) groups excluding carboxylic acids is 3. The van der Waals surface area contributed by atoms with Crippen LogP contribution in [0.15, 0.2) is 0 Å². The third-order valence-corrected chi connectivity index (χ3v) is 3.43. The molecule has 19 heavy (non-hydrogen) atoms. The van der Waals surface area contributed by atoms with Gasteiger partial charge in [0.05, 0.1) is 19.1 Å². The molecule has 0 saturated carbocycles. The summed E-state index contributed by atoms with van der Waals surface area (Å²) in [5.74, 6) is -1.28. The second kappa shape index (κ2) is 5.54. The van der Waals surface area contributed by atoms with Gasteiger partial charge in [-0.1, -0.05) is 0 Å². The lowest BCUT2D eigenvalue weighted by atomic mass is 10.2. The Labute approximate surface area is 110 Å². The molecule has 1 unspecified atom stereocenters. The summed E-state index contributed by atoms with van der Waals surface area (Å²) in [4.78, 5) is 41.6. The van der Waals surface area contributed by atoms with Crippen LogP contribution in [0.5, 0.6) is 0 Å². The van der Waals surface area contributed by atoms with Crippen molar-refractivity contribution in [3.05, 3.63) is 0 Å². The van der Waals surface area contributed by atoms with Crippen molar-refractivity contribution in [1.82, 2.24) is 9.96 Å². The average molecular weight is 270 g/mol. The molecule has 2 fully saturated rings. The zero-order valence-corrected chi connectivity index (χ0v) is 10.6. The Balaban J connectivity index is 1.96. The first-order valence-electron chi connectivity index (χ1n) is 6.33. The van der Waals surface area contributed by atoms with Crippen molar-refractivity contribution in [2.45, 2.75) is 31.3 Å². The Hall–Kier alpha value is -1.67. The molecule has 4 N–H and O–H groups in total. The first-order chi connectivity index (χ1) is 9.04. The number of hydroxylamine groups is 2. The van der Waals surface area contributed by atoms with Gasteiger partial charge in [0.15, 0.2) is 0 Å². The number of hydrogen-bond donors (Lipinski definition) is 2. The molecule has 2 aliphatic heterocycles. The summed E-state index contributed by atoms with van der Waals surface area (Å²) in [6, 6.07) is -1.26. The van der Waals surface area contributed by atoms with Crippen LogP contribution in [-0.2, 0) is 19.2 Å². The number of rotatable bonds is 3. The van der Waals surface area contributed by atoms with E-state index in [1.54, 1.807) is 0 Å². The van der Waals surface area contributed by atoms with Crippen molar-refractivity contribution < 1.29 is 19.2 Å². The van der Waals surface area contributed by atoms with Gasteiger partial charge in [0, 0.05) is 6.54 Å². The standard InChI is InChI=1S/C11H18N4O4/c12-6-9(16)14-4-1-2-8(14)11(18)19-15-5-3-7(13)10(15)17/h7-8H,1-6,12-13H2/t7?,8-/m0/s1. The largest absolute Gasteiger partial charge is 0.354 e. The molecular formula is C11H18N4O4. The molecule has 106 valence electrons. The summed E-state index contributed by atoms with van der Waals surface area (Å²) in [6.45, 7) is 0.643. The van der Waals surface area contributed by atoms with Gasteiger partial charge >= 0.3 is 5.97 Å². The minimum Gasteiger partial charge on any atom is -0.336 e. The van der Waals surface area contributed by atoms with E-state index in [9.17, 15) is 14.4 Å². The van der Waals surface area contributed by atoms with Gasteiger partial charge in [0.25, 0.3) is 5.91 Å². The van der Waals surface area contributed by atoms with Gasteiger partial charge in [-0.2, -0.15) is 5.06 Å². The van der Waals surface area contributed by atoms with E-state index in [1.165, 1.54) is 4.90 Å². The Bertz CT molecular complexity index is 400. The highest BCUT2D eigenvalue weighted by atomic mass is 16.7. The monoisotopic (exact) mass is 270 g/mol.